The number of aryl methyl sites for hydroxylation is 1. The number of hydrogen-bond donors (Lipinski definition) is 1. The van der Waals surface area contributed by atoms with Crippen molar-refractivity contribution in [2.45, 2.75) is 33.4 Å². The molecular formula is C17H21N5O. The second kappa shape index (κ2) is 7.19. The molecule has 2 heterocycles. The highest BCUT2D eigenvalue weighted by Crippen LogP contribution is 2.15. The Balaban J connectivity index is 1.76. The van der Waals surface area contributed by atoms with E-state index in [-0.39, 0.29) is 0 Å². The third-order valence-electron chi connectivity index (χ3n) is 3.56. The Kier molecular flexibility index (Phi) is 4.83. The lowest BCUT2D eigenvalue weighted by Gasteiger charge is -2.12. The molecule has 0 unspecified atom stereocenters. The lowest BCUT2D eigenvalue weighted by Crippen LogP contribution is -2.09. The van der Waals surface area contributed by atoms with E-state index >= 15 is 0 Å². The summed E-state index contributed by atoms with van der Waals surface area (Å²) >= 11 is 0. The van der Waals surface area contributed by atoms with Crippen LogP contribution < -0.4 is 5.32 Å². The molecule has 0 fully saturated rings. The van der Waals surface area contributed by atoms with Crippen LogP contribution in [0.2, 0.25) is 0 Å². The van der Waals surface area contributed by atoms with Gasteiger partial charge < -0.3 is 10.1 Å². The fraction of sp³-hybridized carbons (Fsp3) is 0.353. The number of aromatic nitrogens is 4. The molecule has 3 aromatic rings. The zero-order chi connectivity index (χ0) is 16.1. The maximum absolute atomic E-state index is 5.67. The Bertz CT molecular complexity index is 784. The predicted molar refractivity (Wildman–Crippen MR) is 89.2 cm³/mol. The summed E-state index contributed by atoms with van der Waals surface area (Å²) in [6.45, 7) is 6.18. The highest BCUT2D eigenvalue weighted by Gasteiger charge is 2.07. The lowest BCUT2D eigenvalue weighted by molar-refractivity contribution is 0.121. The van der Waals surface area contributed by atoms with E-state index < -0.39 is 0 Å². The van der Waals surface area contributed by atoms with Gasteiger partial charge in [0.15, 0.2) is 0 Å². The minimum absolute atomic E-state index is 0.604. The second-order valence-electron chi connectivity index (χ2n) is 5.43. The van der Waals surface area contributed by atoms with Gasteiger partial charge in [0.1, 0.15) is 12.1 Å². The Hall–Kier alpha value is -2.47. The van der Waals surface area contributed by atoms with E-state index in [1.165, 1.54) is 17.5 Å². The monoisotopic (exact) mass is 311 g/mol. The average molecular weight is 311 g/mol. The van der Waals surface area contributed by atoms with Crippen molar-refractivity contribution >= 4 is 11.6 Å². The summed E-state index contributed by atoms with van der Waals surface area (Å²) in [6.07, 6.45) is 2.54. The van der Waals surface area contributed by atoms with Crippen molar-refractivity contribution in [2.24, 2.45) is 0 Å². The minimum Gasteiger partial charge on any atom is -0.377 e. The summed E-state index contributed by atoms with van der Waals surface area (Å²) in [7, 11) is 0. The number of anilines is 1. The first-order chi connectivity index (χ1) is 11.3. The van der Waals surface area contributed by atoms with E-state index in [0.717, 1.165) is 24.5 Å². The molecule has 0 bridgehead atoms. The summed E-state index contributed by atoms with van der Waals surface area (Å²) < 4.78 is 7.38. The van der Waals surface area contributed by atoms with Crippen LogP contribution >= 0.6 is 0 Å². The molecule has 6 heteroatoms. The number of nitrogens with one attached hydrogen (secondary N) is 1. The van der Waals surface area contributed by atoms with Gasteiger partial charge in [-0.2, -0.15) is 14.6 Å². The zero-order valence-corrected chi connectivity index (χ0v) is 13.5. The van der Waals surface area contributed by atoms with Crippen LogP contribution in [0, 0.1) is 6.92 Å². The van der Waals surface area contributed by atoms with Gasteiger partial charge in [0.05, 0.1) is 6.61 Å². The van der Waals surface area contributed by atoms with Gasteiger partial charge in [0.2, 0.25) is 0 Å². The molecule has 0 saturated heterocycles. The van der Waals surface area contributed by atoms with E-state index in [0.29, 0.717) is 18.9 Å². The molecule has 0 spiro atoms. The fourth-order valence-corrected chi connectivity index (χ4v) is 2.44. The molecule has 1 aromatic carbocycles. The van der Waals surface area contributed by atoms with Crippen LogP contribution in [0.3, 0.4) is 0 Å². The Labute approximate surface area is 135 Å². The van der Waals surface area contributed by atoms with E-state index in [4.69, 9.17) is 4.74 Å². The normalized spacial score (nSPS) is 11.0. The molecule has 0 aliphatic rings. The molecule has 0 radical (unpaired) electrons. The summed E-state index contributed by atoms with van der Waals surface area (Å²) in [5.74, 6) is 1.49. The van der Waals surface area contributed by atoms with Crippen molar-refractivity contribution in [1.29, 1.82) is 0 Å². The maximum Gasteiger partial charge on any atom is 0.254 e. The van der Waals surface area contributed by atoms with Gasteiger partial charge in [0, 0.05) is 24.9 Å². The molecule has 6 nitrogen and oxygen atoms in total. The van der Waals surface area contributed by atoms with Gasteiger partial charge in [-0.05, 0) is 24.5 Å². The molecule has 3 rings (SSSR count). The van der Waals surface area contributed by atoms with Gasteiger partial charge in [-0.3, -0.25) is 0 Å². The minimum atomic E-state index is 0.604. The van der Waals surface area contributed by atoms with Crippen molar-refractivity contribution < 1.29 is 4.74 Å². The number of rotatable bonds is 7. The first kappa shape index (κ1) is 15.4. The van der Waals surface area contributed by atoms with Crippen LogP contribution in [0.1, 0.15) is 30.2 Å². The molecule has 1 N–H and O–H groups in total. The van der Waals surface area contributed by atoms with Crippen LogP contribution in [0.5, 0.6) is 0 Å². The first-order valence-corrected chi connectivity index (χ1v) is 7.83. The molecule has 120 valence electrons. The number of fused-ring (bicyclic) bond motifs is 1. The fourth-order valence-electron chi connectivity index (χ4n) is 2.44. The highest BCUT2D eigenvalue weighted by molar-refractivity contribution is 5.45. The van der Waals surface area contributed by atoms with E-state index in [1.807, 2.05) is 25.1 Å². The van der Waals surface area contributed by atoms with Crippen molar-refractivity contribution in [2.75, 3.05) is 11.9 Å². The summed E-state index contributed by atoms with van der Waals surface area (Å²) in [4.78, 5) is 8.49. The quantitative estimate of drug-likeness (QED) is 0.680. The van der Waals surface area contributed by atoms with Crippen LogP contribution in [-0.2, 0) is 17.9 Å². The van der Waals surface area contributed by atoms with Crippen molar-refractivity contribution in [3.8, 4) is 0 Å². The SMILES string of the molecule is CCCOCc1ccccc1CNc1cc(C)nc2ncnn12. The van der Waals surface area contributed by atoms with E-state index in [1.54, 1.807) is 4.52 Å². The smallest absolute Gasteiger partial charge is 0.254 e. The molecule has 23 heavy (non-hydrogen) atoms. The van der Waals surface area contributed by atoms with Crippen LogP contribution in [0.4, 0.5) is 5.82 Å². The summed E-state index contributed by atoms with van der Waals surface area (Å²) in [5.41, 5.74) is 3.33. The van der Waals surface area contributed by atoms with Gasteiger partial charge in [-0.15, -0.1) is 0 Å². The van der Waals surface area contributed by atoms with E-state index in [2.05, 4.69) is 39.4 Å². The standard InChI is InChI=1S/C17H21N5O/c1-3-8-23-11-15-7-5-4-6-14(15)10-18-16-9-13(2)21-17-19-12-20-22(16)17/h4-7,9,12,18H,3,8,10-11H2,1-2H3. The molecule has 0 aliphatic heterocycles. The van der Waals surface area contributed by atoms with Gasteiger partial charge in [0.25, 0.3) is 5.78 Å². The topological polar surface area (TPSA) is 64.3 Å². The molecule has 2 aromatic heterocycles. The predicted octanol–water partition coefficient (Wildman–Crippen LogP) is 2.97. The third-order valence-corrected chi connectivity index (χ3v) is 3.56. The lowest BCUT2D eigenvalue weighted by atomic mass is 10.1. The molecular weight excluding hydrogens is 290 g/mol. The van der Waals surface area contributed by atoms with Crippen LogP contribution in [0.25, 0.3) is 5.78 Å². The summed E-state index contributed by atoms with van der Waals surface area (Å²) in [5, 5.41) is 7.64. The zero-order valence-electron chi connectivity index (χ0n) is 13.5. The number of hydrogen-bond acceptors (Lipinski definition) is 5. The molecule has 0 saturated carbocycles. The molecule has 0 amide bonds. The van der Waals surface area contributed by atoms with E-state index in [9.17, 15) is 0 Å². The van der Waals surface area contributed by atoms with Crippen molar-refractivity contribution in [3.05, 3.63) is 53.5 Å². The highest BCUT2D eigenvalue weighted by atomic mass is 16.5. The van der Waals surface area contributed by atoms with Gasteiger partial charge >= 0.3 is 0 Å². The van der Waals surface area contributed by atoms with Crippen molar-refractivity contribution in [3.63, 3.8) is 0 Å². The second-order valence-corrected chi connectivity index (χ2v) is 5.43. The van der Waals surface area contributed by atoms with Gasteiger partial charge in [-0.1, -0.05) is 31.2 Å². The van der Waals surface area contributed by atoms with Crippen LogP contribution in [-0.4, -0.2) is 26.2 Å². The number of ether oxygens (including phenoxy) is 1. The molecule has 0 atom stereocenters. The maximum atomic E-state index is 5.67. The van der Waals surface area contributed by atoms with Gasteiger partial charge in [-0.25, -0.2) is 4.98 Å². The summed E-state index contributed by atoms with van der Waals surface area (Å²) in [6, 6.07) is 10.3. The van der Waals surface area contributed by atoms with Crippen LogP contribution in [0.15, 0.2) is 36.7 Å². The van der Waals surface area contributed by atoms with Crippen molar-refractivity contribution in [1.82, 2.24) is 19.6 Å². The Morgan fingerprint density at radius 1 is 1.22 bits per heavy atom. The molecule has 0 aliphatic carbocycles. The Morgan fingerprint density at radius 2 is 2.04 bits per heavy atom. The Morgan fingerprint density at radius 3 is 2.87 bits per heavy atom. The number of benzene rings is 1. The third kappa shape index (κ3) is 3.65. The first-order valence-electron chi connectivity index (χ1n) is 7.83. The largest absolute Gasteiger partial charge is 0.377 e. The number of nitrogens with zero attached hydrogens (tertiary/aromatic N) is 4. The average Bonchev–Trinajstić information content (AvgIpc) is 3.02.